The number of hydrogen-bond acceptors (Lipinski definition) is 2. The smallest absolute Gasteiger partial charge is 0.0249 e. The van der Waals surface area contributed by atoms with Gasteiger partial charge in [0.2, 0.25) is 0 Å². The maximum atomic E-state index is 5.73. The molecule has 0 aromatic heterocycles. The minimum Gasteiger partial charge on any atom is -0.329 e. The summed E-state index contributed by atoms with van der Waals surface area (Å²) in [4.78, 5) is 2.34. The molecule has 1 fully saturated rings. The number of nitrogens with two attached hydrogens (primary N) is 1. The number of rotatable bonds is 5. The fourth-order valence-corrected chi connectivity index (χ4v) is 1.64. The Labute approximate surface area is 75.4 Å². The van der Waals surface area contributed by atoms with Crippen molar-refractivity contribution in [3.8, 4) is 0 Å². The molecule has 0 spiro atoms. The predicted octanol–water partition coefficient (Wildman–Crippen LogP) is 1.23. The highest BCUT2D eigenvalue weighted by molar-refractivity contribution is 4.93. The lowest BCUT2D eigenvalue weighted by Gasteiger charge is -2.30. The molecule has 0 aromatic rings. The summed E-state index contributed by atoms with van der Waals surface area (Å²) in [6.45, 7) is 6.74. The molecule has 12 heavy (non-hydrogen) atoms. The van der Waals surface area contributed by atoms with Gasteiger partial charge in [0.15, 0.2) is 0 Å². The molecule has 0 radical (unpaired) electrons. The third-order valence-electron chi connectivity index (χ3n) is 2.91. The molecule has 1 aliphatic rings. The largest absolute Gasteiger partial charge is 0.329 e. The lowest BCUT2D eigenvalue weighted by atomic mass is 10.1. The van der Waals surface area contributed by atoms with Gasteiger partial charge >= 0.3 is 0 Å². The SMILES string of the molecule is C=CC(C)N(C)C(CN)C1CC1. The van der Waals surface area contributed by atoms with Crippen LogP contribution in [0.4, 0.5) is 0 Å². The highest BCUT2D eigenvalue weighted by Crippen LogP contribution is 2.35. The fourth-order valence-electron chi connectivity index (χ4n) is 1.64. The first-order chi connectivity index (χ1) is 5.70. The average Bonchev–Trinajstić information content (AvgIpc) is 2.88. The molecule has 1 saturated carbocycles. The van der Waals surface area contributed by atoms with E-state index in [0.29, 0.717) is 12.1 Å². The summed E-state index contributed by atoms with van der Waals surface area (Å²) < 4.78 is 0. The van der Waals surface area contributed by atoms with E-state index in [1.807, 2.05) is 6.08 Å². The third kappa shape index (κ3) is 2.08. The van der Waals surface area contributed by atoms with Crippen LogP contribution in [0.2, 0.25) is 0 Å². The van der Waals surface area contributed by atoms with Crippen LogP contribution in [-0.4, -0.2) is 30.6 Å². The molecule has 2 nitrogen and oxygen atoms in total. The van der Waals surface area contributed by atoms with Gasteiger partial charge in [-0.2, -0.15) is 0 Å². The first-order valence-electron chi connectivity index (χ1n) is 4.75. The van der Waals surface area contributed by atoms with Gasteiger partial charge in [-0.25, -0.2) is 0 Å². The fraction of sp³-hybridized carbons (Fsp3) is 0.800. The van der Waals surface area contributed by atoms with Gasteiger partial charge in [0, 0.05) is 18.6 Å². The van der Waals surface area contributed by atoms with E-state index >= 15 is 0 Å². The van der Waals surface area contributed by atoms with Crippen LogP contribution < -0.4 is 5.73 Å². The second-order valence-electron chi connectivity index (χ2n) is 3.78. The molecule has 2 atom stereocenters. The summed E-state index contributed by atoms with van der Waals surface area (Å²) >= 11 is 0. The van der Waals surface area contributed by atoms with E-state index in [0.717, 1.165) is 12.5 Å². The molecule has 0 heterocycles. The summed E-state index contributed by atoms with van der Waals surface area (Å²) in [5.41, 5.74) is 5.73. The molecule has 0 aliphatic heterocycles. The molecular formula is C10H20N2. The van der Waals surface area contributed by atoms with E-state index in [-0.39, 0.29) is 0 Å². The van der Waals surface area contributed by atoms with Crippen LogP contribution in [0.1, 0.15) is 19.8 Å². The Hall–Kier alpha value is -0.340. The molecule has 2 N–H and O–H groups in total. The van der Waals surface area contributed by atoms with Crippen LogP contribution in [0.5, 0.6) is 0 Å². The zero-order chi connectivity index (χ0) is 9.14. The molecular weight excluding hydrogens is 148 g/mol. The van der Waals surface area contributed by atoms with E-state index in [1.165, 1.54) is 12.8 Å². The minimum atomic E-state index is 0.444. The summed E-state index contributed by atoms with van der Waals surface area (Å²) in [6, 6.07) is 1.01. The maximum absolute atomic E-state index is 5.73. The van der Waals surface area contributed by atoms with Crippen molar-refractivity contribution in [1.29, 1.82) is 0 Å². The number of likely N-dealkylation sites (N-methyl/N-ethyl adjacent to an activating group) is 1. The van der Waals surface area contributed by atoms with Crippen molar-refractivity contribution < 1.29 is 0 Å². The van der Waals surface area contributed by atoms with E-state index in [4.69, 9.17) is 5.73 Å². The van der Waals surface area contributed by atoms with Crippen LogP contribution in [0.3, 0.4) is 0 Å². The van der Waals surface area contributed by atoms with Crippen molar-refractivity contribution in [1.82, 2.24) is 4.90 Å². The average molecular weight is 168 g/mol. The zero-order valence-electron chi connectivity index (χ0n) is 8.16. The molecule has 70 valence electrons. The van der Waals surface area contributed by atoms with Gasteiger partial charge in [0.25, 0.3) is 0 Å². The highest BCUT2D eigenvalue weighted by atomic mass is 15.2. The van der Waals surface area contributed by atoms with E-state index < -0.39 is 0 Å². The van der Waals surface area contributed by atoms with Crippen molar-refractivity contribution >= 4 is 0 Å². The van der Waals surface area contributed by atoms with Crippen molar-refractivity contribution in [3.63, 3.8) is 0 Å². The monoisotopic (exact) mass is 168 g/mol. The van der Waals surface area contributed by atoms with Gasteiger partial charge in [-0.05, 0) is 32.7 Å². The van der Waals surface area contributed by atoms with Gasteiger partial charge in [-0.1, -0.05) is 6.08 Å². The van der Waals surface area contributed by atoms with Crippen LogP contribution in [0, 0.1) is 5.92 Å². The van der Waals surface area contributed by atoms with Gasteiger partial charge in [-0.3, -0.25) is 4.90 Å². The van der Waals surface area contributed by atoms with E-state index in [2.05, 4.69) is 25.5 Å². The Kier molecular flexibility index (Phi) is 3.29. The predicted molar refractivity (Wildman–Crippen MR) is 53.0 cm³/mol. The molecule has 0 amide bonds. The van der Waals surface area contributed by atoms with E-state index in [9.17, 15) is 0 Å². The van der Waals surface area contributed by atoms with Crippen LogP contribution in [-0.2, 0) is 0 Å². The van der Waals surface area contributed by atoms with Crippen molar-refractivity contribution in [2.45, 2.75) is 31.8 Å². The molecule has 0 aromatic carbocycles. The first kappa shape index (κ1) is 9.75. The zero-order valence-corrected chi connectivity index (χ0v) is 8.16. The Morgan fingerprint density at radius 1 is 1.67 bits per heavy atom. The lowest BCUT2D eigenvalue weighted by molar-refractivity contribution is 0.196. The van der Waals surface area contributed by atoms with Crippen molar-refractivity contribution in [3.05, 3.63) is 12.7 Å². The molecule has 1 aliphatic carbocycles. The summed E-state index contributed by atoms with van der Waals surface area (Å²) in [6.07, 6.45) is 4.69. The van der Waals surface area contributed by atoms with Crippen LogP contribution >= 0.6 is 0 Å². The standard InChI is InChI=1S/C10H20N2/c1-4-8(2)12(3)10(7-11)9-5-6-9/h4,8-10H,1,5-7,11H2,2-3H3. The van der Waals surface area contributed by atoms with Gasteiger partial charge in [0.05, 0.1) is 0 Å². The minimum absolute atomic E-state index is 0.444. The van der Waals surface area contributed by atoms with Gasteiger partial charge in [0.1, 0.15) is 0 Å². The van der Waals surface area contributed by atoms with Crippen LogP contribution in [0.15, 0.2) is 12.7 Å². The molecule has 0 saturated heterocycles. The summed E-state index contributed by atoms with van der Waals surface area (Å²) in [5, 5.41) is 0. The second-order valence-corrected chi connectivity index (χ2v) is 3.78. The quantitative estimate of drug-likeness (QED) is 0.626. The van der Waals surface area contributed by atoms with Crippen molar-refractivity contribution in [2.24, 2.45) is 11.7 Å². The maximum Gasteiger partial charge on any atom is 0.0249 e. The molecule has 2 heteroatoms. The third-order valence-corrected chi connectivity index (χ3v) is 2.91. The molecule has 1 rings (SSSR count). The van der Waals surface area contributed by atoms with Gasteiger partial charge < -0.3 is 5.73 Å². The lowest BCUT2D eigenvalue weighted by Crippen LogP contribution is -2.43. The Bertz CT molecular complexity index is 152. The second kappa shape index (κ2) is 4.06. The summed E-state index contributed by atoms with van der Waals surface area (Å²) in [5.74, 6) is 0.849. The number of hydrogen-bond donors (Lipinski definition) is 1. The Morgan fingerprint density at radius 3 is 2.58 bits per heavy atom. The number of nitrogens with zero attached hydrogens (tertiary/aromatic N) is 1. The Morgan fingerprint density at radius 2 is 2.25 bits per heavy atom. The molecule has 2 unspecified atom stereocenters. The molecule has 0 bridgehead atoms. The topological polar surface area (TPSA) is 29.3 Å². The summed E-state index contributed by atoms with van der Waals surface area (Å²) in [7, 11) is 2.14. The van der Waals surface area contributed by atoms with E-state index in [1.54, 1.807) is 0 Å². The normalized spacial score (nSPS) is 22.3. The highest BCUT2D eigenvalue weighted by Gasteiger charge is 2.33. The first-order valence-corrected chi connectivity index (χ1v) is 4.75. The Balaban J connectivity index is 2.45. The van der Waals surface area contributed by atoms with Crippen molar-refractivity contribution in [2.75, 3.05) is 13.6 Å². The van der Waals surface area contributed by atoms with Gasteiger partial charge in [-0.15, -0.1) is 6.58 Å². The van der Waals surface area contributed by atoms with Crippen LogP contribution in [0.25, 0.3) is 0 Å².